The summed E-state index contributed by atoms with van der Waals surface area (Å²) in [5, 5.41) is 17.9. The van der Waals surface area contributed by atoms with Gasteiger partial charge in [-0.05, 0) is 38.0 Å². The number of aryl methyl sites for hydroxylation is 1. The van der Waals surface area contributed by atoms with Crippen LogP contribution in [0.25, 0.3) is 11.7 Å². The van der Waals surface area contributed by atoms with E-state index in [4.69, 9.17) is 4.42 Å². The Morgan fingerprint density at radius 1 is 1.38 bits per heavy atom. The Hall–Kier alpha value is -3.89. The van der Waals surface area contributed by atoms with Gasteiger partial charge in [0, 0.05) is 5.22 Å². The van der Waals surface area contributed by atoms with E-state index in [2.05, 4.69) is 35.3 Å². The first-order valence-corrected chi connectivity index (χ1v) is 9.17. The van der Waals surface area contributed by atoms with E-state index in [0.29, 0.717) is 29.0 Å². The zero-order valence-electron chi connectivity index (χ0n) is 15.5. The highest BCUT2D eigenvalue weighted by Crippen LogP contribution is 2.22. The second-order valence-corrected chi connectivity index (χ2v) is 6.89. The molecule has 4 N–H and O–H groups in total. The lowest BCUT2D eigenvalue weighted by Gasteiger charge is -2.03. The third-order valence-electron chi connectivity index (χ3n) is 4.48. The predicted molar refractivity (Wildman–Crippen MR) is 102 cm³/mol. The van der Waals surface area contributed by atoms with Gasteiger partial charge in [0.05, 0.1) is 18.8 Å². The molecular formula is C18H18N8O3. The van der Waals surface area contributed by atoms with Crippen molar-refractivity contribution < 1.29 is 9.52 Å². The van der Waals surface area contributed by atoms with Gasteiger partial charge in [0.2, 0.25) is 11.8 Å². The third-order valence-corrected chi connectivity index (χ3v) is 4.48. The summed E-state index contributed by atoms with van der Waals surface area (Å²) in [7, 11) is 0. The predicted octanol–water partition coefficient (Wildman–Crippen LogP) is -0.0294. The molecular weight excluding hydrogens is 376 g/mol. The maximum Gasteiger partial charge on any atom is 0.326 e. The quantitative estimate of drug-likeness (QED) is 0.371. The van der Waals surface area contributed by atoms with Crippen LogP contribution < -0.4 is 21.8 Å². The molecule has 148 valence electrons. The van der Waals surface area contributed by atoms with Gasteiger partial charge in [-0.1, -0.05) is 0 Å². The molecule has 4 aromatic heterocycles. The fraction of sp³-hybridized carbons (Fsp3) is 0.278. The van der Waals surface area contributed by atoms with E-state index in [9.17, 15) is 9.90 Å². The van der Waals surface area contributed by atoms with Crippen LogP contribution in [0.2, 0.25) is 0 Å². The molecule has 0 bridgehead atoms. The molecule has 1 saturated carbocycles. The van der Waals surface area contributed by atoms with Crippen LogP contribution in [0.3, 0.4) is 0 Å². The highest BCUT2D eigenvalue weighted by Gasteiger charge is 2.21. The largest absolute Gasteiger partial charge is 0.493 e. The number of furan rings is 1. The number of rotatable bonds is 5. The number of nitrogens with one attached hydrogen (secondary N) is 3. The summed E-state index contributed by atoms with van der Waals surface area (Å²) in [5.41, 5.74) is 0.686. The zero-order valence-corrected chi connectivity index (χ0v) is 15.5. The molecule has 5 rings (SSSR count). The number of fused-ring (bicyclic) bond motifs is 1. The molecule has 0 saturated heterocycles. The third kappa shape index (κ3) is 3.49. The van der Waals surface area contributed by atoms with Crippen LogP contribution in [-0.2, 0) is 6.54 Å². The van der Waals surface area contributed by atoms with Gasteiger partial charge in [-0.3, -0.25) is 4.98 Å². The molecule has 0 amide bonds. The summed E-state index contributed by atoms with van der Waals surface area (Å²) in [6.07, 6.45) is 5.22. The minimum Gasteiger partial charge on any atom is -0.493 e. The zero-order chi connectivity index (χ0) is 20.0. The van der Waals surface area contributed by atoms with Crippen LogP contribution in [0, 0.1) is 6.92 Å². The molecule has 0 unspecified atom stereocenters. The fourth-order valence-corrected chi connectivity index (χ4v) is 2.91. The van der Waals surface area contributed by atoms with Crippen molar-refractivity contribution in [1.82, 2.24) is 29.5 Å². The fourth-order valence-electron chi connectivity index (χ4n) is 2.91. The summed E-state index contributed by atoms with van der Waals surface area (Å²) in [5.74, 6) is 1.73. The molecule has 0 aromatic carbocycles. The van der Waals surface area contributed by atoms with Crippen molar-refractivity contribution in [2.24, 2.45) is 4.99 Å². The molecule has 11 heteroatoms. The summed E-state index contributed by atoms with van der Waals surface area (Å²) in [6, 6.07) is 4.03. The number of imidazole rings is 1. The van der Waals surface area contributed by atoms with Crippen LogP contribution in [0.5, 0.6) is 5.88 Å². The first kappa shape index (κ1) is 17.2. The molecule has 29 heavy (non-hydrogen) atoms. The maximum atomic E-state index is 11.4. The number of anilines is 1. The minimum absolute atomic E-state index is 0.241. The molecule has 0 radical (unpaired) electrons. The van der Waals surface area contributed by atoms with E-state index in [1.54, 1.807) is 16.8 Å². The number of aromatic nitrogens is 6. The van der Waals surface area contributed by atoms with Gasteiger partial charge in [-0.2, -0.15) is 19.6 Å². The Morgan fingerprint density at radius 3 is 2.93 bits per heavy atom. The molecule has 4 heterocycles. The van der Waals surface area contributed by atoms with Gasteiger partial charge >= 0.3 is 5.69 Å². The molecule has 1 aliphatic rings. The average Bonchev–Trinajstić information content (AvgIpc) is 3.10. The van der Waals surface area contributed by atoms with E-state index < -0.39 is 5.69 Å². The lowest BCUT2D eigenvalue weighted by Crippen LogP contribution is -2.24. The molecule has 11 nitrogen and oxygen atoms in total. The number of hydrogen-bond acceptors (Lipinski definition) is 8. The van der Waals surface area contributed by atoms with Crippen molar-refractivity contribution in [3.63, 3.8) is 0 Å². The normalized spacial score (nSPS) is 15.5. The van der Waals surface area contributed by atoms with Crippen LogP contribution in [0.15, 0.2) is 32.5 Å². The second kappa shape index (κ2) is 6.62. The van der Waals surface area contributed by atoms with Crippen molar-refractivity contribution in [2.75, 3.05) is 5.32 Å². The number of aromatic hydroxyl groups is 1. The number of H-pyrrole nitrogens is 2. The maximum absolute atomic E-state index is 11.4. The average molecular weight is 394 g/mol. The van der Waals surface area contributed by atoms with Crippen molar-refractivity contribution in [2.45, 2.75) is 32.4 Å². The van der Waals surface area contributed by atoms with Crippen LogP contribution in [0.4, 0.5) is 5.95 Å². The Morgan fingerprint density at radius 2 is 2.24 bits per heavy atom. The van der Waals surface area contributed by atoms with E-state index in [1.807, 2.05) is 19.1 Å². The topological polar surface area (TPSA) is 149 Å². The van der Waals surface area contributed by atoms with Crippen molar-refractivity contribution in [3.05, 3.63) is 56.9 Å². The summed E-state index contributed by atoms with van der Waals surface area (Å²) in [4.78, 5) is 29.8. The standard InChI is InChI=1S/C18H18N8O3/c1-9-2-5-12(29-9)8-19-16-23-14-10(6-13-15(27)24-18(28)22-13)7-20-26(14)17(25-16)21-11-3-4-11/h2,5-7,11,27H,3-4,8H2,1H3,(H,19,21,25)(H2,22,24,28). The monoisotopic (exact) mass is 394 g/mol. The minimum atomic E-state index is -0.500. The number of nitrogens with zero attached hydrogens (tertiary/aromatic N) is 5. The lowest BCUT2D eigenvalue weighted by atomic mass is 10.3. The lowest BCUT2D eigenvalue weighted by molar-refractivity contribution is 0.454. The van der Waals surface area contributed by atoms with E-state index in [0.717, 1.165) is 24.4 Å². The summed E-state index contributed by atoms with van der Waals surface area (Å²) in [6.45, 7) is 2.31. The van der Waals surface area contributed by atoms with Crippen LogP contribution in [0.1, 0.15) is 30.1 Å². The molecule has 0 aliphatic heterocycles. The SMILES string of the molecule is Cc1ccc(CNc2nc(=NC3CC3)n3ncc(=Cc4[nH]c(=O)[nH]c4O)c3n2)o1. The smallest absolute Gasteiger partial charge is 0.326 e. The van der Waals surface area contributed by atoms with Gasteiger partial charge in [-0.15, -0.1) is 0 Å². The van der Waals surface area contributed by atoms with Gasteiger partial charge in [0.15, 0.2) is 5.65 Å². The number of hydrogen-bond donors (Lipinski definition) is 4. The number of aromatic amines is 2. The molecule has 1 fully saturated rings. The molecule has 1 aliphatic carbocycles. The molecule has 4 aromatic rings. The Labute approximate surface area is 162 Å². The van der Waals surface area contributed by atoms with Gasteiger partial charge in [0.1, 0.15) is 17.2 Å². The Bertz CT molecular complexity index is 1370. The summed E-state index contributed by atoms with van der Waals surface area (Å²) < 4.78 is 7.12. The Kier molecular flexibility index (Phi) is 3.93. The van der Waals surface area contributed by atoms with Gasteiger partial charge < -0.3 is 19.8 Å². The van der Waals surface area contributed by atoms with Crippen molar-refractivity contribution in [1.29, 1.82) is 0 Å². The Balaban J connectivity index is 1.60. The van der Waals surface area contributed by atoms with E-state index in [-0.39, 0.29) is 17.6 Å². The van der Waals surface area contributed by atoms with Crippen molar-refractivity contribution in [3.8, 4) is 5.88 Å². The first-order valence-electron chi connectivity index (χ1n) is 9.17. The van der Waals surface area contributed by atoms with Gasteiger partial charge in [-0.25, -0.2) is 9.79 Å². The second-order valence-electron chi connectivity index (χ2n) is 6.89. The highest BCUT2D eigenvalue weighted by atomic mass is 16.3. The van der Waals surface area contributed by atoms with Crippen LogP contribution >= 0.6 is 0 Å². The molecule has 0 spiro atoms. The van der Waals surface area contributed by atoms with E-state index >= 15 is 0 Å². The van der Waals surface area contributed by atoms with Crippen molar-refractivity contribution >= 4 is 17.7 Å². The highest BCUT2D eigenvalue weighted by molar-refractivity contribution is 5.57. The molecule has 0 atom stereocenters. The summed E-state index contributed by atoms with van der Waals surface area (Å²) >= 11 is 0. The van der Waals surface area contributed by atoms with E-state index in [1.165, 1.54) is 0 Å². The van der Waals surface area contributed by atoms with Crippen LogP contribution in [-0.4, -0.2) is 40.7 Å². The van der Waals surface area contributed by atoms with Gasteiger partial charge in [0.25, 0.3) is 5.62 Å². The first-order chi connectivity index (χ1) is 14.0.